The Balaban J connectivity index is 3.77. The summed E-state index contributed by atoms with van der Waals surface area (Å²) in [6.07, 6.45) is 20.5. The average Bonchev–Trinajstić information content (AvgIpc) is 3.06. The zero-order valence-corrected chi connectivity index (χ0v) is 31.7. The molecule has 0 saturated carbocycles. The van der Waals surface area contributed by atoms with Gasteiger partial charge >= 0.3 is 11.9 Å². The third-order valence-electron chi connectivity index (χ3n) is 8.81. The molecule has 10 nitrogen and oxygen atoms in total. The van der Waals surface area contributed by atoms with Crippen molar-refractivity contribution in [1.29, 1.82) is 0 Å². The van der Waals surface area contributed by atoms with Crippen LogP contribution in [0.15, 0.2) is 0 Å². The number of unbranched alkanes of at least 4 members (excludes halogenated alkanes) is 16. The summed E-state index contributed by atoms with van der Waals surface area (Å²) in [4.78, 5) is 51.2. The molecular formula is C38H72N2O8. The van der Waals surface area contributed by atoms with Crippen LogP contribution in [0.5, 0.6) is 0 Å². The van der Waals surface area contributed by atoms with E-state index in [0.29, 0.717) is 26.1 Å². The topological polar surface area (TPSA) is 112 Å². The van der Waals surface area contributed by atoms with Gasteiger partial charge in [-0.1, -0.05) is 89.9 Å². The lowest BCUT2D eigenvalue weighted by molar-refractivity contribution is -0.145. The highest BCUT2D eigenvalue weighted by Gasteiger charge is 2.19. The second-order valence-electron chi connectivity index (χ2n) is 13.1. The van der Waals surface area contributed by atoms with E-state index in [9.17, 15) is 19.2 Å². The largest absolute Gasteiger partial charge is 0.466 e. The van der Waals surface area contributed by atoms with E-state index in [-0.39, 0.29) is 49.2 Å². The lowest BCUT2D eigenvalue weighted by Gasteiger charge is -2.24. The third kappa shape index (κ3) is 27.7. The van der Waals surface area contributed by atoms with E-state index in [1.165, 1.54) is 51.4 Å². The normalized spacial score (nSPS) is 12.4. The molecule has 0 bridgehead atoms. The zero-order chi connectivity index (χ0) is 35.8. The fourth-order valence-corrected chi connectivity index (χ4v) is 5.32. The maximum absolute atomic E-state index is 12.5. The first-order valence-electron chi connectivity index (χ1n) is 19.1. The Bertz CT molecular complexity index is 759. The van der Waals surface area contributed by atoms with Gasteiger partial charge in [0.1, 0.15) is 13.2 Å². The van der Waals surface area contributed by atoms with Crippen LogP contribution in [0.3, 0.4) is 0 Å². The van der Waals surface area contributed by atoms with Crippen molar-refractivity contribution in [1.82, 2.24) is 9.80 Å². The molecule has 0 radical (unpaired) electrons. The third-order valence-corrected chi connectivity index (χ3v) is 8.81. The van der Waals surface area contributed by atoms with E-state index >= 15 is 0 Å². The number of likely N-dealkylation sites (N-methyl/N-ethyl adjacent to an activating group) is 2. The molecule has 0 N–H and O–H groups in total. The van der Waals surface area contributed by atoms with E-state index in [1.54, 1.807) is 9.80 Å². The van der Waals surface area contributed by atoms with Crippen LogP contribution in [0.1, 0.15) is 156 Å². The molecular weight excluding hydrogens is 612 g/mol. The van der Waals surface area contributed by atoms with E-state index < -0.39 is 0 Å². The summed E-state index contributed by atoms with van der Waals surface area (Å²) in [5.41, 5.74) is 0. The average molecular weight is 685 g/mol. The molecule has 0 aromatic carbocycles. The minimum absolute atomic E-state index is 0.00483. The standard InChI is InChI=1S/C38H72N2O8/c1-7-45-37(43)27-23-19-15-11-9-13-17-21-25-29-39(5)35(41)31-47-33(3)34(4)48-32-36(42)40(6)30-26-22-18-14-10-12-16-20-24-28-38(44)46-8-2/h33-34H,7-32H2,1-6H3. The molecule has 0 saturated heterocycles. The van der Waals surface area contributed by atoms with Crippen LogP contribution in [-0.2, 0) is 38.1 Å². The van der Waals surface area contributed by atoms with Crippen molar-refractivity contribution in [3.05, 3.63) is 0 Å². The van der Waals surface area contributed by atoms with Crippen molar-refractivity contribution in [3.63, 3.8) is 0 Å². The summed E-state index contributed by atoms with van der Waals surface area (Å²) in [5, 5.41) is 0. The number of esters is 2. The van der Waals surface area contributed by atoms with Crippen molar-refractivity contribution in [2.45, 2.75) is 168 Å². The second kappa shape index (κ2) is 32.0. The highest BCUT2D eigenvalue weighted by atomic mass is 16.5. The molecule has 2 unspecified atom stereocenters. The van der Waals surface area contributed by atoms with Gasteiger partial charge in [0.25, 0.3) is 0 Å². The maximum atomic E-state index is 12.5. The van der Waals surface area contributed by atoms with E-state index in [4.69, 9.17) is 18.9 Å². The molecule has 282 valence electrons. The summed E-state index contributed by atoms with van der Waals surface area (Å²) >= 11 is 0. The van der Waals surface area contributed by atoms with Gasteiger partial charge in [-0.25, -0.2) is 0 Å². The first-order valence-corrected chi connectivity index (χ1v) is 19.1. The number of carbonyl (C=O) groups is 4. The first-order chi connectivity index (χ1) is 23.1. The molecule has 0 aliphatic rings. The number of ether oxygens (including phenoxy) is 4. The summed E-state index contributed by atoms with van der Waals surface area (Å²) in [7, 11) is 3.64. The van der Waals surface area contributed by atoms with Crippen LogP contribution in [0, 0.1) is 0 Å². The van der Waals surface area contributed by atoms with Crippen molar-refractivity contribution in [3.8, 4) is 0 Å². The van der Waals surface area contributed by atoms with E-state index in [2.05, 4.69) is 0 Å². The first kappa shape index (κ1) is 45.8. The van der Waals surface area contributed by atoms with Crippen molar-refractivity contribution in [2.24, 2.45) is 0 Å². The molecule has 10 heteroatoms. The number of amides is 2. The quantitative estimate of drug-likeness (QED) is 0.0512. The molecule has 0 rings (SSSR count). The van der Waals surface area contributed by atoms with E-state index in [1.807, 2.05) is 41.8 Å². The Morgan fingerprint density at radius 3 is 1.02 bits per heavy atom. The fraction of sp³-hybridized carbons (Fsp3) is 0.895. The number of hydrogen-bond donors (Lipinski definition) is 0. The van der Waals surface area contributed by atoms with Gasteiger partial charge in [0, 0.05) is 40.0 Å². The Morgan fingerprint density at radius 1 is 0.458 bits per heavy atom. The maximum Gasteiger partial charge on any atom is 0.305 e. The van der Waals surface area contributed by atoms with Gasteiger partial charge in [0.05, 0.1) is 25.4 Å². The number of carbonyl (C=O) groups excluding carboxylic acids is 4. The molecule has 48 heavy (non-hydrogen) atoms. The lowest BCUT2D eigenvalue weighted by Crippen LogP contribution is -2.37. The highest BCUT2D eigenvalue weighted by Crippen LogP contribution is 2.13. The van der Waals surface area contributed by atoms with Crippen LogP contribution < -0.4 is 0 Å². The van der Waals surface area contributed by atoms with Crippen molar-refractivity contribution >= 4 is 23.8 Å². The molecule has 0 heterocycles. The van der Waals surface area contributed by atoms with Crippen LogP contribution >= 0.6 is 0 Å². The van der Waals surface area contributed by atoms with Crippen LogP contribution in [-0.4, -0.2) is 99.4 Å². The van der Waals surface area contributed by atoms with Gasteiger partial charge in [0.15, 0.2) is 0 Å². The summed E-state index contributed by atoms with van der Waals surface area (Å²) in [5.74, 6) is -0.260. The molecule has 0 aliphatic carbocycles. The second-order valence-corrected chi connectivity index (χ2v) is 13.1. The molecule has 0 fully saturated rings. The Morgan fingerprint density at radius 2 is 0.729 bits per heavy atom. The zero-order valence-electron chi connectivity index (χ0n) is 31.7. The SMILES string of the molecule is CCOC(=O)CCCCCCCCCCCN(C)C(=O)COC(C)C(C)OCC(=O)N(C)CCCCCCCCCCCC(=O)OCC. The lowest BCUT2D eigenvalue weighted by atomic mass is 10.1. The van der Waals surface area contributed by atoms with Gasteiger partial charge in [0.2, 0.25) is 11.8 Å². The molecule has 0 aromatic rings. The minimum Gasteiger partial charge on any atom is -0.466 e. The number of nitrogens with zero attached hydrogens (tertiary/aromatic N) is 2. The predicted octanol–water partition coefficient (Wildman–Crippen LogP) is 7.64. The number of hydrogen-bond acceptors (Lipinski definition) is 8. The Hall–Kier alpha value is -2.20. The van der Waals surface area contributed by atoms with Gasteiger partial charge in [-0.3, -0.25) is 19.2 Å². The fourth-order valence-electron chi connectivity index (χ4n) is 5.32. The molecule has 0 aromatic heterocycles. The van der Waals surface area contributed by atoms with Crippen molar-refractivity contribution < 1.29 is 38.1 Å². The highest BCUT2D eigenvalue weighted by molar-refractivity contribution is 5.77. The minimum atomic E-state index is -0.303. The summed E-state index contributed by atoms with van der Waals surface area (Å²) in [6, 6.07) is 0. The smallest absolute Gasteiger partial charge is 0.305 e. The molecule has 0 aliphatic heterocycles. The Kier molecular flexibility index (Phi) is 30.6. The Labute approximate surface area is 293 Å². The predicted molar refractivity (Wildman–Crippen MR) is 192 cm³/mol. The van der Waals surface area contributed by atoms with E-state index in [0.717, 1.165) is 77.3 Å². The van der Waals surface area contributed by atoms with Crippen LogP contribution in [0.2, 0.25) is 0 Å². The van der Waals surface area contributed by atoms with Crippen LogP contribution in [0.4, 0.5) is 0 Å². The van der Waals surface area contributed by atoms with Gasteiger partial charge in [-0.15, -0.1) is 0 Å². The molecule has 2 amide bonds. The summed E-state index contributed by atoms with van der Waals surface area (Å²) < 4.78 is 21.5. The van der Waals surface area contributed by atoms with Gasteiger partial charge in [-0.05, 0) is 53.4 Å². The monoisotopic (exact) mass is 685 g/mol. The van der Waals surface area contributed by atoms with Gasteiger partial charge < -0.3 is 28.7 Å². The molecule has 0 spiro atoms. The van der Waals surface area contributed by atoms with Crippen LogP contribution in [0.25, 0.3) is 0 Å². The number of rotatable bonds is 33. The van der Waals surface area contributed by atoms with Gasteiger partial charge in [-0.2, -0.15) is 0 Å². The summed E-state index contributed by atoms with van der Waals surface area (Å²) in [6.45, 7) is 9.78. The van der Waals surface area contributed by atoms with Crippen molar-refractivity contribution in [2.75, 3.05) is 53.6 Å². The molecule has 2 atom stereocenters.